The van der Waals surface area contributed by atoms with Gasteiger partial charge in [-0.15, -0.1) is 6.58 Å². The Hall–Kier alpha value is -0.400. The minimum Gasteiger partial charge on any atom is -0.207 e. The van der Waals surface area contributed by atoms with E-state index in [1.807, 2.05) is 0 Å². The molecular formula is C6H9F2. The zero-order chi connectivity index (χ0) is 6.62. The summed E-state index contributed by atoms with van der Waals surface area (Å²) in [6.07, 6.45) is 1.59. The summed E-state index contributed by atoms with van der Waals surface area (Å²) < 4.78 is 23.5. The highest BCUT2D eigenvalue weighted by Gasteiger charge is 2.18. The lowest BCUT2D eigenvalue weighted by Gasteiger charge is -2.05. The lowest BCUT2D eigenvalue weighted by atomic mass is 10.2. The fourth-order valence-electron chi connectivity index (χ4n) is 0.313. The molecule has 0 rings (SSSR count). The Kier molecular flexibility index (Phi) is 2.66. The van der Waals surface area contributed by atoms with Gasteiger partial charge in [0.25, 0.3) is 0 Å². The van der Waals surface area contributed by atoms with E-state index in [0.717, 1.165) is 0 Å². The first-order valence-electron chi connectivity index (χ1n) is 2.40. The number of hydrogen-bond acceptors (Lipinski definition) is 0. The normalized spacial score (nSPS) is 11.4. The molecule has 0 atom stereocenters. The van der Waals surface area contributed by atoms with E-state index >= 15 is 0 Å². The van der Waals surface area contributed by atoms with Crippen molar-refractivity contribution in [3.05, 3.63) is 19.6 Å². The molecule has 8 heavy (non-hydrogen) atoms. The summed E-state index contributed by atoms with van der Waals surface area (Å²) in [5, 5.41) is 0. The Balaban J connectivity index is 3.24. The number of hydrogen-bond donors (Lipinski definition) is 0. The molecule has 0 fully saturated rings. The molecule has 0 saturated heterocycles. The van der Waals surface area contributed by atoms with Crippen LogP contribution in [0.2, 0.25) is 0 Å². The fraction of sp³-hybridized carbons (Fsp3) is 0.500. The van der Waals surface area contributed by atoms with Crippen LogP contribution in [0.25, 0.3) is 0 Å². The molecule has 47 valence electrons. The first kappa shape index (κ1) is 7.60. The van der Waals surface area contributed by atoms with Crippen molar-refractivity contribution in [2.24, 2.45) is 0 Å². The van der Waals surface area contributed by atoms with Crippen LogP contribution in [0.4, 0.5) is 8.78 Å². The lowest BCUT2D eigenvalue weighted by molar-refractivity contribution is 0.0435. The van der Waals surface area contributed by atoms with Crippen molar-refractivity contribution in [2.45, 2.75) is 18.8 Å². The third kappa shape index (κ3) is 5.60. The van der Waals surface area contributed by atoms with Gasteiger partial charge in [0.2, 0.25) is 5.92 Å². The molecular weight excluding hydrogens is 110 g/mol. The summed E-state index contributed by atoms with van der Waals surface area (Å²) in [4.78, 5) is 0. The van der Waals surface area contributed by atoms with Crippen LogP contribution in [0.15, 0.2) is 12.7 Å². The van der Waals surface area contributed by atoms with Crippen LogP contribution in [0.5, 0.6) is 0 Å². The van der Waals surface area contributed by atoms with Crippen molar-refractivity contribution in [1.82, 2.24) is 0 Å². The van der Waals surface area contributed by atoms with Crippen LogP contribution in [0.1, 0.15) is 12.8 Å². The highest BCUT2D eigenvalue weighted by atomic mass is 19.3. The Bertz CT molecular complexity index is 71.1. The van der Waals surface area contributed by atoms with Crippen LogP contribution in [0, 0.1) is 6.92 Å². The van der Waals surface area contributed by atoms with Crippen LogP contribution in [0.3, 0.4) is 0 Å². The molecule has 0 aromatic heterocycles. The molecule has 0 nitrogen and oxygen atoms in total. The van der Waals surface area contributed by atoms with Gasteiger partial charge >= 0.3 is 0 Å². The van der Waals surface area contributed by atoms with Gasteiger partial charge in [-0.3, -0.25) is 0 Å². The van der Waals surface area contributed by atoms with E-state index in [1.54, 1.807) is 0 Å². The van der Waals surface area contributed by atoms with E-state index in [9.17, 15) is 8.78 Å². The van der Waals surface area contributed by atoms with Crippen molar-refractivity contribution in [2.75, 3.05) is 0 Å². The minimum atomic E-state index is -2.77. The van der Waals surface area contributed by atoms with Crippen LogP contribution >= 0.6 is 0 Å². The molecule has 0 unspecified atom stereocenters. The third-order valence-electron chi connectivity index (χ3n) is 0.714. The van der Waals surface area contributed by atoms with E-state index in [2.05, 4.69) is 13.5 Å². The maximum atomic E-state index is 11.8. The zero-order valence-electron chi connectivity index (χ0n) is 4.66. The van der Waals surface area contributed by atoms with E-state index < -0.39 is 5.92 Å². The Morgan fingerprint density at radius 2 is 2.00 bits per heavy atom. The summed E-state index contributed by atoms with van der Waals surface area (Å²) >= 11 is 0. The summed E-state index contributed by atoms with van der Waals surface area (Å²) in [5.74, 6) is -2.77. The summed E-state index contributed by atoms with van der Waals surface area (Å²) in [7, 11) is 0. The van der Waals surface area contributed by atoms with Crippen molar-refractivity contribution < 1.29 is 8.78 Å². The van der Waals surface area contributed by atoms with Crippen molar-refractivity contribution in [1.29, 1.82) is 0 Å². The SMILES string of the molecule is [CH2]C(F)(F)CCC=C. The molecule has 0 aliphatic rings. The lowest BCUT2D eigenvalue weighted by Crippen LogP contribution is -2.08. The van der Waals surface area contributed by atoms with Gasteiger partial charge in [-0.1, -0.05) is 6.08 Å². The predicted octanol–water partition coefficient (Wildman–Crippen LogP) is 2.42. The largest absolute Gasteiger partial charge is 0.248 e. The van der Waals surface area contributed by atoms with Gasteiger partial charge in [0.1, 0.15) is 0 Å². The van der Waals surface area contributed by atoms with Crippen molar-refractivity contribution >= 4 is 0 Å². The first-order chi connectivity index (χ1) is 3.56. The van der Waals surface area contributed by atoms with Gasteiger partial charge in [0, 0.05) is 13.3 Å². The maximum absolute atomic E-state index is 11.8. The highest BCUT2D eigenvalue weighted by molar-refractivity contribution is 4.75. The van der Waals surface area contributed by atoms with Crippen molar-refractivity contribution in [3.8, 4) is 0 Å². The van der Waals surface area contributed by atoms with E-state index in [0.29, 0.717) is 6.42 Å². The molecule has 0 saturated carbocycles. The standard InChI is InChI=1S/C6H9F2/c1-3-4-5-6(2,7)8/h3H,1-2,4-5H2. The molecule has 0 bridgehead atoms. The van der Waals surface area contributed by atoms with Gasteiger partial charge in [-0.25, -0.2) is 8.78 Å². The average molecular weight is 119 g/mol. The molecule has 0 aliphatic heterocycles. The van der Waals surface area contributed by atoms with Gasteiger partial charge in [-0.05, 0) is 6.42 Å². The molecule has 0 amide bonds. The van der Waals surface area contributed by atoms with Crippen LogP contribution in [-0.2, 0) is 0 Å². The molecule has 0 aliphatic carbocycles. The molecule has 0 aromatic rings. The first-order valence-corrected chi connectivity index (χ1v) is 2.40. The second-order valence-corrected chi connectivity index (χ2v) is 1.68. The second-order valence-electron chi connectivity index (χ2n) is 1.68. The summed E-state index contributed by atoms with van der Waals surface area (Å²) in [5.41, 5.74) is 0. The number of halogens is 2. The fourth-order valence-corrected chi connectivity index (χ4v) is 0.313. The maximum Gasteiger partial charge on any atom is 0.248 e. The highest BCUT2D eigenvalue weighted by Crippen LogP contribution is 2.17. The van der Waals surface area contributed by atoms with Gasteiger partial charge < -0.3 is 0 Å². The zero-order valence-corrected chi connectivity index (χ0v) is 4.66. The second kappa shape index (κ2) is 2.80. The van der Waals surface area contributed by atoms with Crippen molar-refractivity contribution in [3.63, 3.8) is 0 Å². The van der Waals surface area contributed by atoms with Crippen LogP contribution in [-0.4, -0.2) is 5.92 Å². The molecule has 0 heterocycles. The van der Waals surface area contributed by atoms with Gasteiger partial charge in [0.05, 0.1) is 0 Å². The molecule has 0 aromatic carbocycles. The molecule has 1 radical (unpaired) electrons. The minimum absolute atomic E-state index is 0.198. The predicted molar refractivity (Wildman–Crippen MR) is 29.7 cm³/mol. The number of allylic oxidation sites excluding steroid dienone is 1. The summed E-state index contributed by atoms with van der Waals surface area (Å²) in [6.45, 7) is 5.93. The Labute approximate surface area is 48.2 Å². The summed E-state index contributed by atoms with van der Waals surface area (Å²) in [6, 6.07) is 0. The number of alkyl halides is 2. The Morgan fingerprint density at radius 3 is 2.12 bits per heavy atom. The van der Waals surface area contributed by atoms with E-state index in [1.165, 1.54) is 6.08 Å². The van der Waals surface area contributed by atoms with E-state index in [4.69, 9.17) is 0 Å². The van der Waals surface area contributed by atoms with Crippen LogP contribution < -0.4 is 0 Å². The quantitative estimate of drug-likeness (QED) is 0.500. The van der Waals surface area contributed by atoms with E-state index in [-0.39, 0.29) is 6.42 Å². The van der Waals surface area contributed by atoms with Gasteiger partial charge in [-0.2, -0.15) is 0 Å². The van der Waals surface area contributed by atoms with Gasteiger partial charge in [0.15, 0.2) is 0 Å². The molecule has 2 heteroatoms. The topological polar surface area (TPSA) is 0 Å². The average Bonchev–Trinajstić information content (AvgIpc) is 1.59. The molecule has 0 spiro atoms. The smallest absolute Gasteiger partial charge is 0.207 e. The molecule has 0 N–H and O–H groups in total. The number of rotatable bonds is 3. The third-order valence-corrected chi connectivity index (χ3v) is 0.714. The monoisotopic (exact) mass is 119 g/mol. The Morgan fingerprint density at radius 1 is 1.50 bits per heavy atom.